The van der Waals surface area contributed by atoms with Crippen LogP contribution in [0.1, 0.15) is 24.8 Å². The number of piperidine rings is 1. The van der Waals surface area contributed by atoms with Crippen LogP contribution in [0, 0.1) is 11.8 Å². The molecule has 4 rings (SSSR count). The minimum atomic E-state index is 0.159. The second kappa shape index (κ2) is 6.51. The van der Waals surface area contributed by atoms with Gasteiger partial charge in [0.05, 0.1) is 6.42 Å². The number of benzene rings is 2. The van der Waals surface area contributed by atoms with Gasteiger partial charge in [-0.1, -0.05) is 42.5 Å². The van der Waals surface area contributed by atoms with Gasteiger partial charge in [0.25, 0.3) is 0 Å². The van der Waals surface area contributed by atoms with Gasteiger partial charge in [0.1, 0.15) is 0 Å². The Morgan fingerprint density at radius 3 is 2.72 bits per heavy atom. The zero-order valence-electron chi connectivity index (χ0n) is 14.6. The number of nitrogens with one attached hydrogen (secondary N) is 1. The topological polar surface area (TPSA) is 49.4 Å². The molecule has 3 atom stereocenters. The van der Waals surface area contributed by atoms with E-state index >= 15 is 0 Å². The molecule has 1 aliphatic carbocycles. The summed E-state index contributed by atoms with van der Waals surface area (Å²) in [7, 11) is 1.92. The van der Waals surface area contributed by atoms with Crippen molar-refractivity contribution in [2.45, 2.75) is 31.7 Å². The minimum Gasteiger partial charge on any atom is -0.356 e. The van der Waals surface area contributed by atoms with E-state index < -0.39 is 0 Å². The molecule has 4 heteroatoms. The average molecular weight is 336 g/mol. The highest BCUT2D eigenvalue weighted by Crippen LogP contribution is 2.38. The quantitative estimate of drug-likeness (QED) is 0.937. The maximum absolute atomic E-state index is 12.7. The minimum absolute atomic E-state index is 0.159. The fraction of sp³-hybridized carbons (Fsp3) is 0.429. The predicted octanol–water partition coefficient (Wildman–Crippen LogP) is 2.76. The summed E-state index contributed by atoms with van der Waals surface area (Å²) in [6.07, 6.45) is 3.02. The molecular weight excluding hydrogens is 312 g/mol. The number of hydrogen-bond acceptors (Lipinski definition) is 2. The van der Waals surface area contributed by atoms with Crippen LogP contribution in [0.4, 0.5) is 0 Å². The molecule has 1 saturated heterocycles. The van der Waals surface area contributed by atoms with Gasteiger partial charge in [-0.15, -0.1) is 0 Å². The van der Waals surface area contributed by atoms with Crippen LogP contribution in [-0.2, 0) is 16.0 Å². The first-order valence-corrected chi connectivity index (χ1v) is 9.10. The van der Waals surface area contributed by atoms with E-state index in [0.717, 1.165) is 24.9 Å². The number of hydrogen-bond donors (Lipinski definition) is 1. The molecule has 0 bridgehead atoms. The molecule has 0 unspecified atom stereocenters. The summed E-state index contributed by atoms with van der Waals surface area (Å²) in [5.74, 6) is 1.29. The Kier molecular flexibility index (Phi) is 4.20. The second-order valence-corrected chi connectivity index (χ2v) is 7.52. The predicted molar refractivity (Wildman–Crippen MR) is 98.1 cm³/mol. The molecule has 1 aliphatic heterocycles. The molecule has 2 aromatic carbocycles. The third kappa shape index (κ3) is 3.26. The highest BCUT2D eigenvalue weighted by atomic mass is 16.2. The average Bonchev–Trinajstić information content (AvgIpc) is 3.04. The highest BCUT2D eigenvalue weighted by molar-refractivity contribution is 5.85. The molecule has 2 aliphatic rings. The van der Waals surface area contributed by atoms with Crippen molar-refractivity contribution in [3.63, 3.8) is 0 Å². The van der Waals surface area contributed by atoms with E-state index in [-0.39, 0.29) is 17.9 Å². The molecule has 130 valence electrons. The fourth-order valence-corrected chi connectivity index (χ4v) is 4.40. The highest BCUT2D eigenvalue weighted by Gasteiger charge is 2.40. The van der Waals surface area contributed by atoms with Gasteiger partial charge in [-0.2, -0.15) is 0 Å². The van der Waals surface area contributed by atoms with Crippen LogP contribution < -0.4 is 5.32 Å². The van der Waals surface area contributed by atoms with Crippen LogP contribution in [0.5, 0.6) is 0 Å². The lowest BCUT2D eigenvalue weighted by Gasteiger charge is -2.25. The van der Waals surface area contributed by atoms with Crippen LogP contribution >= 0.6 is 0 Å². The summed E-state index contributed by atoms with van der Waals surface area (Å²) in [5, 5.41) is 5.33. The molecule has 2 fully saturated rings. The normalized spacial score (nSPS) is 25.5. The van der Waals surface area contributed by atoms with Gasteiger partial charge in [0, 0.05) is 26.1 Å². The zero-order valence-corrected chi connectivity index (χ0v) is 14.6. The Labute approximate surface area is 148 Å². The van der Waals surface area contributed by atoms with E-state index in [9.17, 15) is 9.59 Å². The summed E-state index contributed by atoms with van der Waals surface area (Å²) >= 11 is 0. The maximum atomic E-state index is 12.7. The van der Waals surface area contributed by atoms with Gasteiger partial charge in [-0.05, 0) is 41.0 Å². The van der Waals surface area contributed by atoms with Gasteiger partial charge in [0.15, 0.2) is 0 Å². The number of fused-ring (bicyclic) bond motifs is 2. The van der Waals surface area contributed by atoms with Crippen LogP contribution in [0.2, 0.25) is 0 Å². The number of likely N-dealkylation sites (N-methyl/N-ethyl adjacent to an activating group) is 1. The molecule has 0 aromatic heterocycles. The lowest BCUT2D eigenvalue weighted by Crippen LogP contribution is -2.38. The van der Waals surface area contributed by atoms with Gasteiger partial charge in [-0.25, -0.2) is 0 Å². The van der Waals surface area contributed by atoms with Gasteiger partial charge in [-0.3, -0.25) is 9.59 Å². The first-order valence-electron chi connectivity index (χ1n) is 9.10. The van der Waals surface area contributed by atoms with Crippen molar-refractivity contribution < 1.29 is 9.59 Å². The molecule has 25 heavy (non-hydrogen) atoms. The third-order valence-corrected chi connectivity index (χ3v) is 5.94. The van der Waals surface area contributed by atoms with E-state index in [2.05, 4.69) is 29.6 Å². The van der Waals surface area contributed by atoms with Gasteiger partial charge < -0.3 is 10.2 Å². The molecule has 1 saturated carbocycles. The Bertz CT molecular complexity index is 816. The second-order valence-electron chi connectivity index (χ2n) is 7.52. The van der Waals surface area contributed by atoms with E-state index in [4.69, 9.17) is 0 Å². The largest absolute Gasteiger partial charge is 0.356 e. The van der Waals surface area contributed by atoms with Crippen molar-refractivity contribution in [1.82, 2.24) is 10.2 Å². The number of nitrogens with zero attached hydrogens (tertiary/aromatic N) is 1. The first-order chi connectivity index (χ1) is 12.1. The Balaban J connectivity index is 1.42. The molecular formula is C21H24N2O2. The number of rotatable bonds is 3. The molecule has 2 aromatic rings. The van der Waals surface area contributed by atoms with Gasteiger partial charge >= 0.3 is 0 Å². The van der Waals surface area contributed by atoms with Crippen LogP contribution in [0.3, 0.4) is 0 Å². The summed E-state index contributed by atoms with van der Waals surface area (Å²) in [6, 6.07) is 14.7. The Morgan fingerprint density at radius 1 is 1.12 bits per heavy atom. The monoisotopic (exact) mass is 336 g/mol. The van der Waals surface area contributed by atoms with E-state index in [1.54, 1.807) is 0 Å². The molecule has 1 heterocycles. The van der Waals surface area contributed by atoms with Crippen molar-refractivity contribution in [2.75, 3.05) is 13.6 Å². The lowest BCUT2D eigenvalue weighted by molar-refractivity contribution is -0.131. The Morgan fingerprint density at radius 2 is 1.88 bits per heavy atom. The lowest BCUT2D eigenvalue weighted by atomic mass is 9.89. The summed E-state index contributed by atoms with van der Waals surface area (Å²) < 4.78 is 0. The summed E-state index contributed by atoms with van der Waals surface area (Å²) in [6.45, 7) is 0.771. The van der Waals surface area contributed by atoms with Crippen molar-refractivity contribution in [3.05, 3.63) is 48.0 Å². The molecule has 1 N–H and O–H groups in total. The molecule has 0 spiro atoms. The standard InChI is InChI=1S/C21H24N2O2/c1-23(19-10-17-12-20(24)22-13-18(17)11-19)21(25)9-14-6-7-15-4-2-3-5-16(15)8-14/h2-8,17-19H,9-13H2,1H3,(H,22,24)/t17-,18+,19-/m0/s1. The SMILES string of the molecule is CN(C(=O)Cc1ccc2ccccc2c1)[C@H]1C[C@H]2CC(=O)NC[C@H]2C1. The fourth-order valence-electron chi connectivity index (χ4n) is 4.40. The van der Waals surface area contributed by atoms with Crippen LogP contribution in [-0.4, -0.2) is 36.3 Å². The molecule has 0 radical (unpaired) electrons. The smallest absolute Gasteiger partial charge is 0.226 e. The number of carbonyl (C=O) groups excluding carboxylic acids is 2. The third-order valence-electron chi connectivity index (χ3n) is 5.94. The Hall–Kier alpha value is -2.36. The molecule has 2 amide bonds. The van der Waals surface area contributed by atoms with Crippen molar-refractivity contribution >= 4 is 22.6 Å². The van der Waals surface area contributed by atoms with Crippen LogP contribution in [0.25, 0.3) is 10.8 Å². The van der Waals surface area contributed by atoms with E-state index in [0.29, 0.717) is 24.7 Å². The maximum Gasteiger partial charge on any atom is 0.226 e. The van der Waals surface area contributed by atoms with Crippen LogP contribution in [0.15, 0.2) is 42.5 Å². The summed E-state index contributed by atoms with van der Waals surface area (Å²) in [5.41, 5.74) is 1.06. The van der Waals surface area contributed by atoms with E-state index in [1.165, 1.54) is 10.8 Å². The first kappa shape index (κ1) is 16.1. The van der Waals surface area contributed by atoms with Crippen molar-refractivity contribution in [3.8, 4) is 0 Å². The van der Waals surface area contributed by atoms with Crippen molar-refractivity contribution in [2.24, 2.45) is 11.8 Å². The van der Waals surface area contributed by atoms with Crippen molar-refractivity contribution in [1.29, 1.82) is 0 Å². The molecule has 4 nitrogen and oxygen atoms in total. The number of carbonyl (C=O) groups is 2. The van der Waals surface area contributed by atoms with Gasteiger partial charge in [0.2, 0.25) is 11.8 Å². The number of amides is 2. The summed E-state index contributed by atoms with van der Waals surface area (Å²) in [4.78, 5) is 26.2. The zero-order chi connectivity index (χ0) is 17.4. The van der Waals surface area contributed by atoms with E-state index in [1.807, 2.05) is 30.1 Å².